The van der Waals surface area contributed by atoms with Crippen molar-refractivity contribution in [2.45, 2.75) is 25.7 Å². The van der Waals surface area contributed by atoms with Gasteiger partial charge in [-0.25, -0.2) is 0 Å². The number of fused-ring (bicyclic) bond motifs is 1. The van der Waals surface area contributed by atoms with E-state index in [1.54, 1.807) is 0 Å². The third-order valence-electron chi connectivity index (χ3n) is 2.79. The molecular weight excluding hydrogens is 218 g/mol. The highest BCUT2D eigenvalue weighted by molar-refractivity contribution is 5.55. The highest BCUT2D eigenvalue weighted by Crippen LogP contribution is 2.34. The highest BCUT2D eigenvalue weighted by atomic mass is 16.7. The Morgan fingerprint density at radius 1 is 1.06 bits per heavy atom. The number of benzene rings is 1. The zero-order chi connectivity index (χ0) is 11.9. The molecule has 0 saturated heterocycles. The summed E-state index contributed by atoms with van der Waals surface area (Å²) in [6, 6.07) is 5.90. The zero-order valence-electron chi connectivity index (χ0n) is 9.95. The van der Waals surface area contributed by atoms with E-state index in [0.29, 0.717) is 13.4 Å². The van der Waals surface area contributed by atoms with Crippen LogP contribution in [0.3, 0.4) is 0 Å². The molecule has 2 rings (SSSR count). The number of anilines is 1. The first-order chi connectivity index (χ1) is 8.40. The van der Waals surface area contributed by atoms with Crippen molar-refractivity contribution in [1.29, 1.82) is 0 Å². The Morgan fingerprint density at radius 3 is 2.76 bits per heavy atom. The lowest BCUT2D eigenvalue weighted by atomic mass is 10.2. The average Bonchev–Trinajstić information content (AvgIpc) is 2.81. The molecule has 0 amide bonds. The van der Waals surface area contributed by atoms with Crippen LogP contribution in [-0.4, -0.2) is 25.1 Å². The minimum absolute atomic E-state index is 0.301. The maximum Gasteiger partial charge on any atom is 0.231 e. The quantitative estimate of drug-likeness (QED) is 0.715. The Balaban J connectivity index is 1.69. The van der Waals surface area contributed by atoms with Gasteiger partial charge in [0.15, 0.2) is 11.5 Å². The van der Waals surface area contributed by atoms with Crippen LogP contribution < -0.4 is 14.8 Å². The van der Waals surface area contributed by atoms with E-state index in [1.165, 1.54) is 0 Å². The summed E-state index contributed by atoms with van der Waals surface area (Å²) < 4.78 is 10.6. The summed E-state index contributed by atoms with van der Waals surface area (Å²) in [6.07, 6.45) is 4.27. The molecular formula is C13H19NO3. The van der Waals surface area contributed by atoms with Crippen LogP contribution in [0.1, 0.15) is 25.7 Å². The molecule has 17 heavy (non-hydrogen) atoms. The first kappa shape index (κ1) is 12.0. The van der Waals surface area contributed by atoms with Crippen molar-refractivity contribution in [3.8, 4) is 11.5 Å². The van der Waals surface area contributed by atoms with E-state index in [-0.39, 0.29) is 0 Å². The van der Waals surface area contributed by atoms with Gasteiger partial charge < -0.3 is 19.9 Å². The molecule has 4 nitrogen and oxygen atoms in total. The lowest BCUT2D eigenvalue weighted by molar-refractivity contribution is 0.174. The normalized spacial score (nSPS) is 12.8. The van der Waals surface area contributed by atoms with Gasteiger partial charge in [0, 0.05) is 24.9 Å². The molecule has 0 fully saturated rings. The van der Waals surface area contributed by atoms with Gasteiger partial charge in [0.1, 0.15) is 0 Å². The molecule has 2 N–H and O–H groups in total. The van der Waals surface area contributed by atoms with E-state index in [2.05, 4.69) is 5.32 Å². The fourth-order valence-corrected chi connectivity index (χ4v) is 1.83. The predicted octanol–water partition coefficient (Wildman–Crippen LogP) is 2.38. The van der Waals surface area contributed by atoms with E-state index in [4.69, 9.17) is 14.6 Å². The van der Waals surface area contributed by atoms with E-state index < -0.39 is 0 Å². The molecule has 1 aliphatic rings. The van der Waals surface area contributed by atoms with Gasteiger partial charge in [-0.3, -0.25) is 0 Å². The molecule has 0 unspecified atom stereocenters. The molecule has 0 saturated carbocycles. The second-order valence-corrected chi connectivity index (χ2v) is 4.13. The Kier molecular flexibility index (Phi) is 4.50. The number of unbranched alkanes of at least 4 members (excludes halogenated alkanes) is 3. The van der Waals surface area contributed by atoms with E-state index in [9.17, 15) is 0 Å². The van der Waals surface area contributed by atoms with Gasteiger partial charge in [-0.1, -0.05) is 12.8 Å². The van der Waals surface area contributed by atoms with E-state index in [1.807, 2.05) is 18.2 Å². The molecule has 0 atom stereocenters. The van der Waals surface area contributed by atoms with Crippen molar-refractivity contribution < 1.29 is 14.6 Å². The standard InChI is InChI=1S/C13H19NO3/c15-8-4-2-1-3-7-14-11-5-6-12-13(9-11)17-10-16-12/h5-6,9,14-15H,1-4,7-8,10H2. The first-order valence-corrected chi connectivity index (χ1v) is 6.14. The minimum Gasteiger partial charge on any atom is -0.454 e. The van der Waals surface area contributed by atoms with Crippen molar-refractivity contribution in [3.05, 3.63) is 18.2 Å². The van der Waals surface area contributed by atoms with Crippen LogP contribution in [0.4, 0.5) is 5.69 Å². The molecule has 0 aromatic heterocycles. The van der Waals surface area contributed by atoms with Gasteiger partial charge in [-0.2, -0.15) is 0 Å². The third-order valence-corrected chi connectivity index (χ3v) is 2.79. The maximum absolute atomic E-state index is 8.65. The fourth-order valence-electron chi connectivity index (χ4n) is 1.83. The highest BCUT2D eigenvalue weighted by Gasteiger charge is 2.12. The zero-order valence-corrected chi connectivity index (χ0v) is 9.95. The lowest BCUT2D eigenvalue weighted by Gasteiger charge is -2.06. The molecule has 4 heteroatoms. The van der Waals surface area contributed by atoms with E-state index >= 15 is 0 Å². The van der Waals surface area contributed by atoms with Crippen molar-refractivity contribution >= 4 is 5.69 Å². The molecule has 1 heterocycles. The van der Waals surface area contributed by atoms with Gasteiger partial charge in [-0.05, 0) is 25.0 Å². The summed E-state index contributed by atoms with van der Waals surface area (Å²) in [7, 11) is 0. The summed E-state index contributed by atoms with van der Waals surface area (Å²) in [6.45, 7) is 1.57. The largest absolute Gasteiger partial charge is 0.454 e. The monoisotopic (exact) mass is 237 g/mol. The van der Waals surface area contributed by atoms with E-state index in [0.717, 1.165) is 49.4 Å². The minimum atomic E-state index is 0.301. The van der Waals surface area contributed by atoms with Gasteiger partial charge in [0.25, 0.3) is 0 Å². The molecule has 0 aliphatic carbocycles. The Bertz CT molecular complexity index is 355. The summed E-state index contributed by atoms with van der Waals surface area (Å²) in [5.74, 6) is 1.63. The van der Waals surface area contributed by atoms with Crippen molar-refractivity contribution in [2.75, 3.05) is 25.3 Å². The van der Waals surface area contributed by atoms with Gasteiger partial charge >= 0.3 is 0 Å². The Hall–Kier alpha value is -1.42. The second kappa shape index (κ2) is 6.35. The number of rotatable bonds is 7. The number of hydrogen-bond donors (Lipinski definition) is 2. The molecule has 1 aromatic rings. The Morgan fingerprint density at radius 2 is 1.88 bits per heavy atom. The summed E-state index contributed by atoms with van der Waals surface area (Å²) in [5.41, 5.74) is 1.07. The first-order valence-electron chi connectivity index (χ1n) is 6.14. The molecule has 94 valence electrons. The van der Waals surface area contributed by atoms with Gasteiger partial charge in [0.2, 0.25) is 6.79 Å². The van der Waals surface area contributed by atoms with Crippen LogP contribution in [0.15, 0.2) is 18.2 Å². The number of hydrogen-bond acceptors (Lipinski definition) is 4. The smallest absolute Gasteiger partial charge is 0.231 e. The number of nitrogens with one attached hydrogen (secondary N) is 1. The van der Waals surface area contributed by atoms with Crippen LogP contribution in [0.25, 0.3) is 0 Å². The van der Waals surface area contributed by atoms with Crippen LogP contribution in [-0.2, 0) is 0 Å². The summed E-state index contributed by atoms with van der Waals surface area (Å²) in [4.78, 5) is 0. The molecule has 1 aliphatic heterocycles. The summed E-state index contributed by atoms with van der Waals surface area (Å²) in [5, 5.41) is 12.0. The van der Waals surface area contributed by atoms with Crippen molar-refractivity contribution in [2.24, 2.45) is 0 Å². The maximum atomic E-state index is 8.65. The molecule has 1 aromatic carbocycles. The molecule has 0 bridgehead atoms. The fraction of sp³-hybridized carbons (Fsp3) is 0.538. The van der Waals surface area contributed by atoms with Crippen LogP contribution >= 0.6 is 0 Å². The van der Waals surface area contributed by atoms with Gasteiger partial charge in [-0.15, -0.1) is 0 Å². The Labute approximate surface area is 102 Å². The molecule has 0 radical (unpaired) electrons. The SMILES string of the molecule is OCCCCCCNc1ccc2c(c1)OCO2. The van der Waals surface area contributed by atoms with Gasteiger partial charge in [0.05, 0.1) is 0 Å². The average molecular weight is 237 g/mol. The van der Waals surface area contributed by atoms with Crippen LogP contribution in [0.2, 0.25) is 0 Å². The number of aliphatic hydroxyl groups is 1. The molecule has 0 spiro atoms. The van der Waals surface area contributed by atoms with Crippen molar-refractivity contribution in [3.63, 3.8) is 0 Å². The summed E-state index contributed by atoms with van der Waals surface area (Å²) >= 11 is 0. The number of aliphatic hydroxyl groups excluding tert-OH is 1. The predicted molar refractivity (Wildman–Crippen MR) is 66.6 cm³/mol. The van der Waals surface area contributed by atoms with Crippen LogP contribution in [0.5, 0.6) is 11.5 Å². The number of ether oxygens (including phenoxy) is 2. The van der Waals surface area contributed by atoms with Crippen LogP contribution in [0, 0.1) is 0 Å². The third kappa shape index (κ3) is 3.53. The lowest BCUT2D eigenvalue weighted by Crippen LogP contribution is -2.01. The second-order valence-electron chi connectivity index (χ2n) is 4.13. The topological polar surface area (TPSA) is 50.7 Å². The van der Waals surface area contributed by atoms with Crippen molar-refractivity contribution in [1.82, 2.24) is 0 Å².